The molecule has 0 bridgehead atoms. The smallest absolute Gasteiger partial charge is 0.115 e. The van der Waals surface area contributed by atoms with Crippen molar-refractivity contribution in [2.75, 3.05) is 5.33 Å². The minimum Gasteiger partial charge on any atom is -0.508 e. The van der Waals surface area contributed by atoms with Crippen LogP contribution in [0.4, 0.5) is 0 Å². The molecule has 0 aliphatic heterocycles. The summed E-state index contributed by atoms with van der Waals surface area (Å²) in [6, 6.07) is 16.1. The molecular weight excluding hydrogens is 288 g/mol. The quantitative estimate of drug-likeness (QED) is 0.829. The molecule has 94 valence electrons. The number of halogens is 1. The molecule has 0 amide bonds. The van der Waals surface area contributed by atoms with Gasteiger partial charge >= 0.3 is 0 Å². The number of hydrogen-bond donors (Lipinski definition) is 1. The summed E-state index contributed by atoms with van der Waals surface area (Å²) in [4.78, 5) is 0. The Balaban J connectivity index is 2.19. The van der Waals surface area contributed by atoms with Crippen LogP contribution in [0.25, 0.3) is 0 Å². The first-order valence-electron chi connectivity index (χ1n) is 6.09. The molecule has 1 N–H and O–H groups in total. The maximum atomic E-state index is 9.50. The van der Waals surface area contributed by atoms with Gasteiger partial charge in [0.25, 0.3) is 0 Å². The van der Waals surface area contributed by atoms with Crippen LogP contribution in [0.15, 0.2) is 48.5 Å². The highest BCUT2D eigenvalue weighted by Crippen LogP contribution is 2.25. The van der Waals surface area contributed by atoms with Gasteiger partial charge in [0.2, 0.25) is 0 Å². The van der Waals surface area contributed by atoms with Gasteiger partial charge < -0.3 is 5.11 Å². The van der Waals surface area contributed by atoms with E-state index in [4.69, 9.17) is 0 Å². The second-order valence-corrected chi connectivity index (χ2v) is 5.29. The van der Waals surface area contributed by atoms with Crippen molar-refractivity contribution in [2.45, 2.75) is 19.3 Å². The number of rotatable bonds is 4. The van der Waals surface area contributed by atoms with Crippen molar-refractivity contribution < 1.29 is 5.11 Å². The molecule has 2 aromatic rings. The van der Waals surface area contributed by atoms with Crippen LogP contribution >= 0.6 is 15.9 Å². The predicted octanol–water partition coefficient (Wildman–Crippen LogP) is 4.42. The molecule has 0 aliphatic rings. The van der Waals surface area contributed by atoms with Gasteiger partial charge in [-0.15, -0.1) is 0 Å². The average Bonchev–Trinajstić information content (AvgIpc) is 2.36. The van der Waals surface area contributed by atoms with Gasteiger partial charge in [0, 0.05) is 5.33 Å². The lowest BCUT2D eigenvalue weighted by Crippen LogP contribution is -2.04. The summed E-state index contributed by atoms with van der Waals surface area (Å²) in [5.41, 5.74) is 3.80. The lowest BCUT2D eigenvalue weighted by Gasteiger charge is -2.15. The molecule has 18 heavy (non-hydrogen) atoms. The van der Waals surface area contributed by atoms with E-state index < -0.39 is 0 Å². The number of aromatic hydroxyl groups is 1. The molecule has 0 spiro atoms. The lowest BCUT2D eigenvalue weighted by molar-refractivity contribution is 0.474. The molecule has 0 aliphatic carbocycles. The van der Waals surface area contributed by atoms with Crippen molar-refractivity contribution in [1.82, 2.24) is 0 Å². The molecule has 0 saturated carbocycles. The SMILES string of the molecule is Cc1cccc(C(CBr)Cc2cccc(O)c2)c1. The number of phenolic OH excluding ortho intramolecular Hbond substituents is 1. The topological polar surface area (TPSA) is 20.2 Å². The standard InChI is InChI=1S/C16H17BrO/c1-12-4-2-6-14(8-12)15(11-17)9-13-5-3-7-16(18)10-13/h2-8,10,15,18H,9,11H2,1H3. The number of benzene rings is 2. The first-order chi connectivity index (χ1) is 8.69. The van der Waals surface area contributed by atoms with Crippen molar-refractivity contribution in [3.05, 3.63) is 65.2 Å². The fourth-order valence-electron chi connectivity index (χ4n) is 2.15. The molecular formula is C16H17BrO. The van der Waals surface area contributed by atoms with Gasteiger partial charge in [-0.1, -0.05) is 57.9 Å². The van der Waals surface area contributed by atoms with Gasteiger partial charge in [0.1, 0.15) is 5.75 Å². The molecule has 0 aromatic heterocycles. The zero-order chi connectivity index (χ0) is 13.0. The highest BCUT2D eigenvalue weighted by molar-refractivity contribution is 9.09. The molecule has 1 atom stereocenters. The Labute approximate surface area is 117 Å². The van der Waals surface area contributed by atoms with Gasteiger partial charge in [-0.2, -0.15) is 0 Å². The van der Waals surface area contributed by atoms with Gasteiger partial charge in [-0.25, -0.2) is 0 Å². The lowest BCUT2D eigenvalue weighted by atomic mass is 9.93. The molecule has 0 radical (unpaired) electrons. The minimum absolute atomic E-state index is 0.338. The van der Waals surface area contributed by atoms with E-state index in [1.54, 1.807) is 6.07 Å². The highest BCUT2D eigenvalue weighted by atomic mass is 79.9. The molecule has 2 rings (SSSR count). The van der Waals surface area contributed by atoms with Crippen molar-refractivity contribution in [3.8, 4) is 5.75 Å². The Morgan fingerprint density at radius 1 is 1.11 bits per heavy atom. The Morgan fingerprint density at radius 3 is 2.56 bits per heavy atom. The average molecular weight is 305 g/mol. The Bertz CT molecular complexity index is 522. The molecule has 0 heterocycles. The van der Waals surface area contributed by atoms with E-state index in [-0.39, 0.29) is 0 Å². The van der Waals surface area contributed by atoms with Crippen molar-refractivity contribution >= 4 is 15.9 Å². The predicted molar refractivity (Wildman–Crippen MR) is 79.5 cm³/mol. The van der Waals surface area contributed by atoms with Gasteiger partial charge in [0.05, 0.1) is 0 Å². The summed E-state index contributed by atoms with van der Waals surface area (Å²) in [7, 11) is 0. The Morgan fingerprint density at radius 2 is 1.89 bits per heavy atom. The van der Waals surface area contributed by atoms with Crippen LogP contribution in [0.5, 0.6) is 5.75 Å². The van der Waals surface area contributed by atoms with E-state index in [9.17, 15) is 5.11 Å². The number of phenols is 1. The van der Waals surface area contributed by atoms with Crippen LogP contribution in [0, 0.1) is 6.92 Å². The van der Waals surface area contributed by atoms with Crippen LogP contribution in [0.2, 0.25) is 0 Å². The van der Waals surface area contributed by atoms with Crippen LogP contribution in [-0.2, 0) is 6.42 Å². The fraction of sp³-hybridized carbons (Fsp3) is 0.250. The molecule has 2 heteroatoms. The van der Waals surface area contributed by atoms with E-state index in [0.29, 0.717) is 11.7 Å². The summed E-state index contributed by atoms with van der Waals surface area (Å²) in [5, 5.41) is 10.4. The number of alkyl halides is 1. The zero-order valence-corrected chi connectivity index (χ0v) is 12.0. The van der Waals surface area contributed by atoms with Crippen molar-refractivity contribution in [3.63, 3.8) is 0 Å². The third-order valence-electron chi connectivity index (χ3n) is 3.09. The second kappa shape index (κ2) is 6.05. The summed E-state index contributed by atoms with van der Waals surface area (Å²) in [6.45, 7) is 2.11. The Kier molecular flexibility index (Phi) is 4.43. The molecule has 1 nitrogen and oxygen atoms in total. The van der Waals surface area contributed by atoms with Gasteiger partial charge in [-0.05, 0) is 42.5 Å². The Hall–Kier alpha value is -1.28. The monoisotopic (exact) mass is 304 g/mol. The largest absolute Gasteiger partial charge is 0.508 e. The van der Waals surface area contributed by atoms with E-state index in [1.807, 2.05) is 12.1 Å². The summed E-state index contributed by atoms with van der Waals surface area (Å²) in [5.74, 6) is 0.775. The van der Waals surface area contributed by atoms with Crippen LogP contribution in [0.3, 0.4) is 0 Å². The number of hydrogen-bond acceptors (Lipinski definition) is 1. The summed E-state index contributed by atoms with van der Waals surface area (Å²) in [6.07, 6.45) is 0.934. The normalized spacial score (nSPS) is 12.3. The van der Waals surface area contributed by atoms with Crippen LogP contribution in [-0.4, -0.2) is 10.4 Å². The molecule has 2 aromatic carbocycles. The summed E-state index contributed by atoms with van der Waals surface area (Å²) >= 11 is 3.59. The minimum atomic E-state index is 0.338. The van der Waals surface area contributed by atoms with E-state index >= 15 is 0 Å². The van der Waals surface area contributed by atoms with E-state index in [1.165, 1.54) is 16.7 Å². The third kappa shape index (κ3) is 3.36. The van der Waals surface area contributed by atoms with Crippen molar-refractivity contribution in [1.29, 1.82) is 0 Å². The van der Waals surface area contributed by atoms with Gasteiger partial charge in [0.15, 0.2) is 0 Å². The van der Waals surface area contributed by atoms with Gasteiger partial charge in [-0.3, -0.25) is 0 Å². The molecule has 0 saturated heterocycles. The highest BCUT2D eigenvalue weighted by Gasteiger charge is 2.11. The summed E-state index contributed by atoms with van der Waals surface area (Å²) < 4.78 is 0. The maximum Gasteiger partial charge on any atom is 0.115 e. The van der Waals surface area contributed by atoms with Crippen LogP contribution in [0.1, 0.15) is 22.6 Å². The van der Waals surface area contributed by atoms with Crippen LogP contribution < -0.4 is 0 Å². The molecule has 1 unspecified atom stereocenters. The van der Waals surface area contributed by atoms with Crippen molar-refractivity contribution in [2.24, 2.45) is 0 Å². The second-order valence-electron chi connectivity index (χ2n) is 4.64. The fourth-order valence-corrected chi connectivity index (χ4v) is 2.76. The first kappa shape index (κ1) is 13.2. The third-order valence-corrected chi connectivity index (χ3v) is 3.87. The van der Waals surface area contributed by atoms with E-state index in [2.05, 4.69) is 53.2 Å². The number of aryl methyl sites for hydroxylation is 1. The zero-order valence-electron chi connectivity index (χ0n) is 10.4. The van der Waals surface area contributed by atoms with E-state index in [0.717, 1.165) is 11.8 Å². The maximum absolute atomic E-state index is 9.50. The first-order valence-corrected chi connectivity index (χ1v) is 7.21. The molecule has 0 fully saturated rings.